The summed E-state index contributed by atoms with van der Waals surface area (Å²) in [4.78, 5) is 31.9. The third-order valence-corrected chi connectivity index (χ3v) is 10.8. The molecule has 0 bridgehead atoms. The number of aliphatic hydroxyl groups excluding tert-OH is 2. The summed E-state index contributed by atoms with van der Waals surface area (Å²) < 4.78 is 5.55. The number of hydrogen-bond acceptors (Lipinski definition) is 7. The molecular formula is C40H48N2O6. The van der Waals surface area contributed by atoms with Gasteiger partial charge in [-0.1, -0.05) is 79.2 Å². The highest BCUT2D eigenvalue weighted by atomic mass is 16.5. The molecule has 1 aliphatic carbocycles. The van der Waals surface area contributed by atoms with Crippen molar-refractivity contribution in [1.29, 1.82) is 0 Å². The number of likely N-dealkylation sites (tertiary alicyclic amines) is 2. The molecule has 0 unspecified atom stereocenters. The lowest BCUT2D eigenvalue weighted by Crippen LogP contribution is -2.47. The number of imide groups is 1. The first-order chi connectivity index (χ1) is 23.3. The second kappa shape index (κ2) is 15.2. The van der Waals surface area contributed by atoms with E-state index in [9.17, 15) is 24.9 Å². The van der Waals surface area contributed by atoms with Crippen molar-refractivity contribution in [2.24, 2.45) is 17.8 Å². The molecule has 254 valence electrons. The number of phenolic OH excluding ortho intramolecular Hbond substituents is 1. The summed E-state index contributed by atoms with van der Waals surface area (Å²) in [5.74, 6) is -1.98. The number of allylic oxidation sites excluding steroid dienone is 1. The predicted molar refractivity (Wildman–Crippen MR) is 187 cm³/mol. The Hall–Kier alpha value is -3.82. The number of fused-ring (bicyclic) bond motifs is 2. The first-order valence-electron chi connectivity index (χ1n) is 17.4. The molecule has 2 heterocycles. The number of methoxy groups -OCH3 is 1. The topological polar surface area (TPSA) is 111 Å². The summed E-state index contributed by atoms with van der Waals surface area (Å²) in [6, 6.07) is 21.5. The number of aromatic hydroxyl groups is 1. The Morgan fingerprint density at radius 1 is 0.979 bits per heavy atom. The number of amides is 2. The van der Waals surface area contributed by atoms with Crippen molar-refractivity contribution < 1.29 is 29.6 Å². The maximum atomic E-state index is 14.1. The number of nitrogens with zero attached hydrogens (tertiary/aromatic N) is 2. The highest BCUT2D eigenvalue weighted by Gasteiger charge is 2.56. The molecule has 2 fully saturated rings. The molecule has 0 saturated carbocycles. The molecule has 4 atom stereocenters. The van der Waals surface area contributed by atoms with E-state index >= 15 is 0 Å². The zero-order valence-corrected chi connectivity index (χ0v) is 28.1. The van der Waals surface area contributed by atoms with Crippen LogP contribution < -0.4 is 0 Å². The average molecular weight is 653 g/mol. The van der Waals surface area contributed by atoms with Crippen LogP contribution >= 0.6 is 0 Å². The molecule has 0 aromatic heterocycles. The van der Waals surface area contributed by atoms with Crippen molar-refractivity contribution >= 4 is 28.7 Å². The molecule has 2 aliphatic heterocycles. The van der Waals surface area contributed by atoms with Crippen LogP contribution in [0.25, 0.3) is 16.8 Å². The molecule has 2 saturated heterocycles. The van der Waals surface area contributed by atoms with Crippen LogP contribution in [0.4, 0.5) is 0 Å². The number of rotatable bonds is 12. The van der Waals surface area contributed by atoms with Gasteiger partial charge in [-0.3, -0.25) is 19.4 Å². The van der Waals surface area contributed by atoms with E-state index in [1.807, 2.05) is 48.5 Å². The van der Waals surface area contributed by atoms with Crippen molar-refractivity contribution in [1.82, 2.24) is 9.80 Å². The van der Waals surface area contributed by atoms with Crippen LogP contribution in [0.2, 0.25) is 0 Å². The second-order valence-corrected chi connectivity index (χ2v) is 13.6. The zero-order chi connectivity index (χ0) is 33.8. The molecule has 2 amide bonds. The number of carbonyl (C=O) groups excluding carboxylic acids is 2. The van der Waals surface area contributed by atoms with E-state index in [0.29, 0.717) is 24.8 Å². The maximum Gasteiger partial charge on any atom is 0.234 e. The standard InChI is InChI=1S/C40H48N2O6/c1-3-26(21-28-14-16-35(44)32-12-8-7-11-31(28)32)13-15-36(45)37-29(25-48-2)22-33-38(34(37)24-43)40(47)42(39(33)46)30-17-19-41(20-18-30)23-27-9-5-4-6-10-27/h4-12,14,16,21,30,33-34,36,38,43-45H,3,13,15,17-20,22-25H2,1-2H3/b26-21+/t33-,34+,36-,38-/m1/s1. The van der Waals surface area contributed by atoms with Crippen LogP contribution in [-0.2, 0) is 20.9 Å². The number of benzene rings is 3. The number of carbonyl (C=O) groups is 2. The maximum absolute atomic E-state index is 14.1. The third kappa shape index (κ3) is 6.85. The van der Waals surface area contributed by atoms with Gasteiger partial charge in [-0.2, -0.15) is 0 Å². The Kier molecular flexibility index (Phi) is 10.8. The van der Waals surface area contributed by atoms with E-state index in [-0.39, 0.29) is 36.8 Å². The van der Waals surface area contributed by atoms with Gasteiger partial charge in [0.1, 0.15) is 5.75 Å². The molecule has 48 heavy (non-hydrogen) atoms. The van der Waals surface area contributed by atoms with Crippen LogP contribution in [-0.4, -0.2) is 82.5 Å². The Morgan fingerprint density at radius 3 is 2.38 bits per heavy atom. The second-order valence-electron chi connectivity index (χ2n) is 13.6. The Bertz CT molecular complexity index is 1680. The summed E-state index contributed by atoms with van der Waals surface area (Å²) in [5.41, 5.74) is 4.87. The van der Waals surface area contributed by atoms with E-state index in [4.69, 9.17) is 4.74 Å². The van der Waals surface area contributed by atoms with E-state index < -0.39 is 23.9 Å². The predicted octanol–water partition coefficient (Wildman–Crippen LogP) is 5.70. The van der Waals surface area contributed by atoms with Gasteiger partial charge in [0, 0.05) is 44.1 Å². The summed E-state index contributed by atoms with van der Waals surface area (Å²) in [6.07, 6.45) is 4.85. The van der Waals surface area contributed by atoms with Gasteiger partial charge in [0.25, 0.3) is 0 Å². The van der Waals surface area contributed by atoms with Crippen molar-refractivity contribution in [3.63, 3.8) is 0 Å². The number of aliphatic hydroxyl groups is 2. The molecular weight excluding hydrogens is 604 g/mol. The van der Waals surface area contributed by atoms with E-state index in [1.54, 1.807) is 13.2 Å². The fourth-order valence-corrected chi connectivity index (χ4v) is 8.31. The third-order valence-electron chi connectivity index (χ3n) is 10.8. The number of piperidine rings is 1. The van der Waals surface area contributed by atoms with Crippen molar-refractivity contribution in [3.05, 3.63) is 94.6 Å². The van der Waals surface area contributed by atoms with Gasteiger partial charge in [0.05, 0.1) is 31.2 Å². The van der Waals surface area contributed by atoms with Gasteiger partial charge in [0.15, 0.2) is 0 Å². The average Bonchev–Trinajstić information content (AvgIpc) is 3.36. The number of ether oxygens (including phenoxy) is 1. The van der Waals surface area contributed by atoms with E-state index in [0.717, 1.165) is 66.4 Å². The normalized spacial score (nSPS) is 23.3. The fourth-order valence-electron chi connectivity index (χ4n) is 8.31. The lowest BCUT2D eigenvalue weighted by Gasteiger charge is -2.37. The monoisotopic (exact) mass is 652 g/mol. The SMILES string of the molecule is CC/C(=C\c1ccc(O)c2ccccc12)CC[C@@H](O)C1=C(COC)C[C@H]2C(=O)N(C3CCN(Cc4ccccc4)CC3)C(=O)[C@H]2[C@H]1CO. The summed E-state index contributed by atoms with van der Waals surface area (Å²) in [7, 11) is 1.59. The van der Waals surface area contributed by atoms with Gasteiger partial charge < -0.3 is 20.1 Å². The Morgan fingerprint density at radius 2 is 1.69 bits per heavy atom. The molecule has 3 aromatic carbocycles. The highest BCUT2D eigenvalue weighted by Crippen LogP contribution is 2.47. The molecule has 0 radical (unpaired) electrons. The highest BCUT2D eigenvalue weighted by molar-refractivity contribution is 6.06. The van der Waals surface area contributed by atoms with Gasteiger partial charge >= 0.3 is 0 Å². The lowest BCUT2D eigenvalue weighted by molar-refractivity contribution is -0.144. The zero-order valence-electron chi connectivity index (χ0n) is 28.1. The van der Waals surface area contributed by atoms with Crippen LogP contribution in [0, 0.1) is 17.8 Å². The lowest BCUT2D eigenvalue weighted by atomic mass is 9.68. The molecule has 3 aliphatic rings. The van der Waals surface area contributed by atoms with Crippen LogP contribution in [0.1, 0.15) is 56.6 Å². The first-order valence-corrected chi connectivity index (χ1v) is 17.4. The summed E-state index contributed by atoms with van der Waals surface area (Å²) in [6.45, 7) is 4.46. The summed E-state index contributed by atoms with van der Waals surface area (Å²) in [5, 5.41) is 34.6. The summed E-state index contributed by atoms with van der Waals surface area (Å²) >= 11 is 0. The van der Waals surface area contributed by atoms with Gasteiger partial charge in [-0.25, -0.2) is 0 Å². The van der Waals surface area contributed by atoms with Crippen molar-refractivity contribution in [2.75, 3.05) is 33.4 Å². The Labute approximate surface area is 283 Å². The molecule has 8 heteroatoms. The number of phenols is 1. The largest absolute Gasteiger partial charge is 0.507 e. The van der Waals surface area contributed by atoms with Gasteiger partial charge in [-0.15, -0.1) is 0 Å². The van der Waals surface area contributed by atoms with Crippen LogP contribution in [0.5, 0.6) is 5.75 Å². The van der Waals surface area contributed by atoms with E-state index in [1.165, 1.54) is 10.5 Å². The minimum atomic E-state index is -0.891. The quantitative estimate of drug-likeness (QED) is 0.170. The van der Waals surface area contributed by atoms with Crippen molar-refractivity contribution in [3.8, 4) is 5.75 Å². The fraction of sp³-hybridized carbons (Fsp3) is 0.450. The van der Waals surface area contributed by atoms with Crippen LogP contribution in [0.15, 0.2) is 83.4 Å². The molecule has 3 aromatic rings. The molecule has 8 nitrogen and oxygen atoms in total. The first kappa shape index (κ1) is 34.1. The number of hydrogen-bond donors (Lipinski definition) is 3. The minimum Gasteiger partial charge on any atom is -0.507 e. The van der Waals surface area contributed by atoms with Crippen molar-refractivity contribution in [2.45, 2.75) is 64.1 Å². The molecule has 3 N–H and O–H groups in total. The smallest absolute Gasteiger partial charge is 0.234 e. The van der Waals surface area contributed by atoms with Gasteiger partial charge in [-0.05, 0) is 72.3 Å². The van der Waals surface area contributed by atoms with E-state index in [2.05, 4.69) is 30.0 Å². The molecule has 6 rings (SSSR count). The molecule has 0 spiro atoms. The van der Waals surface area contributed by atoms with Gasteiger partial charge in [0.2, 0.25) is 11.8 Å². The van der Waals surface area contributed by atoms with Crippen LogP contribution in [0.3, 0.4) is 0 Å². The Balaban J connectivity index is 1.17. The minimum absolute atomic E-state index is 0.149.